The first kappa shape index (κ1) is 22.7. The van der Waals surface area contributed by atoms with Gasteiger partial charge in [0, 0.05) is 5.69 Å². The van der Waals surface area contributed by atoms with Crippen molar-refractivity contribution >= 4 is 28.9 Å². The van der Waals surface area contributed by atoms with E-state index in [0.717, 1.165) is 12.1 Å². The number of halogens is 3. The number of benzene rings is 3. The molecule has 0 unspecified atom stereocenters. The number of anilines is 1. The molecule has 0 spiro atoms. The minimum absolute atomic E-state index is 0.144. The molecule has 0 aromatic heterocycles. The molecule has 3 rings (SSSR count). The lowest BCUT2D eigenvalue weighted by Gasteiger charge is -2.09. The van der Waals surface area contributed by atoms with E-state index in [0.29, 0.717) is 17.1 Å². The Morgan fingerprint density at radius 3 is 2.16 bits per heavy atom. The molecule has 0 heterocycles. The Kier molecular flexibility index (Phi) is 7.33. The second kappa shape index (κ2) is 10.3. The van der Waals surface area contributed by atoms with E-state index in [-0.39, 0.29) is 12.0 Å². The van der Waals surface area contributed by atoms with E-state index in [1.54, 1.807) is 24.3 Å². The molecule has 6 nitrogen and oxygen atoms in total. The van der Waals surface area contributed by atoms with Gasteiger partial charge in [-0.25, -0.2) is 0 Å². The van der Waals surface area contributed by atoms with E-state index in [1.165, 1.54) is 12.1 Å². The van der Waals surface area contributed by atoms with Crippen LogP contribution in [-0.2, 0) is 26.9 Å². The molecular formula is C23H18F3N3O3. The molecule has 0 fully saturated rings. The van der Waals surface area contributed by atoms with Crippen LogP contribution in [0, 0.1) is 0 Å². The summed E-state index contributed by atoms with van der Waals surface area (Å²) in [6.45, 7) is -0.562. The number of hydrogen-bond acceptors (Lipinski definition) is 5. The first-order valence-electron chi connectivity index (χ1n) is 9.48. The molecule has 0 aliphatic heterocycles. The van der Waals surface area contributed by atoms with Gasteiger partial charge in [-0.3, -0.25) is 9.59 Å². The van der Waals surface area contributed by atoms with Gasteiger partial charge in [-0.2, -0.15) is 23.4 Å². The summed E-state index contributed by atoms with van der Waals surface area (Å²) in [6, 6.07) is 20.1. The van der Waals surface area contributed by atoms with Crippen LogP contribution in [0.25, 0.3) is 0 Å². The first-order chi connectivity index (χ1) is 15.3. The number of hydrogen-bond donors (Lipinski definition) is 1. The number of amides is 1. The Hall–Kier alpha value is -4.01. The monoisotopic (exact) mass is 441 g/mol. The van der Waals surface area contributed by atoms with Crippen molar-refractivity contribution < 1.29 is 27.5 Å². The fourth-order valence-electron chi connectivity index (χ4n) is 2.64. The molecule has 3 aromatic rings. The van der Waals surface area contributed by atoms with Crippen molar-refractivity contribution in [3.8, 4) is 0 Å². The van der Waals surface area contributed by atoms with Gasteiger partial charge in [-0.1, -0.05) is 36.4 Å². The van der Waals surface area contributed by atoms with Gasteiger partial charge in [0.05, 0.1) is 23.4 Å². The smallest absolute Gasteiger partial charge is 0.416 e. The normalized spacial score (nSPS) is 11.3. The van der Waals surface area contributed by atoms with Crippen LogP contribution in [0.3, 0.4) is 0 Å². The van der Waals surface area contributed by atoms with Crippen molar-refractivity contribution in [1.82, 2.24) is 0 Å². The third-order valence-electron chi connectivity index (χ3n) is 4.16. The third kappa shape index (κ3) is 7.05. The predicted octanol–water partition coefficient (Wildman–Crippen LogP) is 5.85. The van der Waals surface area contributed by atoms with Gasteiger partial charge in [0.1, 0.15) is 0 Å². The SMILES string of the molecule is O=C(COC(=O)Cc1cccc(C(F)(F)F)c1)Nc1ccc(N=Nc2ccccc2)cc1. The van der Waals surface area contributed by atoms with Crippen LogP contribution in [0.1, 0.15) is 11.1 Å². The van der Waals surface area contributed by atoms with E-state index in [4.69, 9.17) is 4.74 Å². The molecule has 164 valence electrons. The molecule has 0 saturated carbocycles. The average molecular weight is 441 g/mol. The molecule has 0 aliphatic carbocycles. The summed E-state index contributed by atoms with van der Waals surface area (Å²) in [7, 11) is 0. The summed E-state index contributed by atoms with van der Waals surface area (Å²) in [5.74, 6) is -1.39. The number of azo groups is 1. The Bertz CT molecular complexity index is 1100. The van der Waals surface area contributed by atoms with E-state index in [2.05, 4.69) is 15.5 Å². The van der Waals surface area contributed by atoms with E-state index in [1.807, 2.05) is 30.3 Å². The third-order valence-corrected chi connectivity index (χ3v) is 4.16. The molecule has 0 radical (unpaired) electrons. The second-order valence-electron chi connectivity index (χ2n) is 6.67. The van der Waals surface area contributed by atoms with Crippen molar-refractivity contribution in [3.05, 3.63) is 90.0 Å². The number of carbonyl (C=O) groups is 2. The Morgan fingerprint density at radius 1 is 0.844 bits per heavy atom. The zero-order valence-electron chi connectivity index (χ0n) is 16.7. The lowest BCUT2D eigenvalue weighted by molar-refractivity contribution is -0.146. The Labute approximate surface area is 181 Å². The number of rotatable bonds is 7. The largest absolute Gasteiger partial charge is 0.455 e. The maximum Gasteiger partial charge on any atom is 0.416 e. The number of nitrogens with one attached hydrogen (secondary N) is 1. The lowest BCUT2D eigenvalue weighted by atomic mass is 10.1. The van der Waals surface area contributed by atoms with Crippen LogP contribution in [-0.4, -0.2) is 18.5 Å². The molecule has 0 bridgehead atoms. The number of nitrogens with zero attached hydrogens (tertiary/aromatic N) is 2. The Balaban J connectivity index is 1.46. The van der Waals surface area contributed by atoms with Crippen LogP contribution in [0.2, 0.25) is 0 Å². The van der Waals surface area contributed by atoms with Gasteiger partial charge in [-0.15, -0.1) is 0 Å². The van der Waals surface area contributed by atoms with Crippen molar-refractivity contribution in [2.75, 3.05) is 11.9 Å². The molecule has 1 N–H and O–H groups in total. The van der Waals surface area contributed by atoms with E-state index < -0.39 is 30.2 Å². The van der Waals surface area contributed by atoms with E-state index in [9.17, 15) is 22.8 Å². The number of ether oxygens (including phenoxy) is 1. The highest BCUT2D eigenvalue weighted by Gasteiger charge is 2.30. The standard InChI is InChI=1S/C23H18F3N3O3/c24-23(25,26)17-6-4-5-16(13-17)14-22(31)32-15-21(30)27-18-9-11-20(12-10-18)29-28-19-7-2-1-3-8-19/h1-13H,14-15H2,(H,27,30). The summed E-state index contributed by atoms with van der Waals surface area (Å²) in [5.41, 5.74) is 1.04. The van der Waals surface area contributed by atoms with Crippen LogP contribution >= 0.6 is 0 Å². The van der Waals surface area contributed by atoms with Gasteiger partial charge >= 0.3 is 12.1 Å². The second-order valence-corrected chi connectivity index (χ2v) is 6.67. The average Bonchev–Trinajstić information content (AvgIpc) is 2.78. The lowest BCUT2D eigenvalue weighted by Crippen LogP contribution is -2.21. The summed E-state index contributed by atoms with van der Waals surface area (Å²) in [4.78, 5) is 23.8. The molecule has 3 aromatic carbocycles. The number of esters is 1. The molecule has 0 atom stereocenters. The highest BCUT2D eigenvalue weighted by molar-refractivity contribution is 5.93. The quantitative estimate of drug-likeness (QED) is 0.369. The highest BCUT2D eigenvalue weighted by Crippen LogP contribution is 2.29. The van der Waals surface area contributed by atoms with Gasteiger partial charge in [0.25, 0.3) is 5.91 Å². The summed E-state index contributed by atoms with van der Waals surface area (Å²) < 4.78 is 43.0. The fraction of sp³-hybridized carbons (Fsp3) is 0.130. The number of alkyl halides is 3. The topological polar surface area (TPSA) is 80.1 Å². The Morgan fingerprint density at radius 2 is 1.50 bits per heavy atom. The molecule has 32 heavy (non-hydrogen) atoms. The minimum atomic E-state index is -4.50. The molecule has 0 saturated heterocycles. The van der Waals surface area contributed by atoms with Crippen molar-refractivity contribution in [3.63, 3.8) is 0 Å². The van der Waals surface area contributed by atoms with Gasteiger partial charge in [0.2, 0.25) is 0 Å². The summed E-state index contributed by atoms with van der Waals surface area (Å²) >= 11 is 0. The molecule has 1 amide bonds. The fourth-order valence-corrected chi connectivity index (χ4v) is 2.64. The number of carbonyl (C=O) groups excluding carboxylic acids is 2. The molecule has 9 heteroatoms. The van der Waals surface area contributed by atoms with E-state index >= 15 is 0 Å². The van der Waals surface area contributed by atoms with Gasteiger partial charge < -0.3 is 10.1 Å². The van der Waals surface area contributed by atoms with Gasteiger partial charge in [0.15, 0.2) is 6.61 Å². The van der Waals surface area contributed by atoms with Crippen LogP contribution in [0.4, 0.5) is 30.2 Å². The maximum atomic E-state index is 12.7. The molecule has 0 aliphatic rings. The van der Waals surface area contributed by atoms with Crippen molar-refractivity contribution in [2.45, 2.75) is 12.6 Å². The van der Waals surface area contributed by atoms with Crippen molar-refractivity contribution in [2.24, 2.45) is 10.2 Å². The summed E-state index contributed by atoms with van der Waals surface area (Å²) in [5, 5.41) is 10.7. The highest BCUT2D eigenvalue weighted by atomic mass is 19.4. The predicted molar refractivity (Wildman–Crippen MR) is 112 cm³/mol. The van der Waals surface area contributed by atoms with Crippen LogP contribution in [0.15, 0.2) is 89.1 Å². The maximum absolute atomic E-state index is 12.7. The van der Waals surface area contributed by atoms with Crippen LogP contribution in [0.5, 0.6) is 0 Å². The molecular weight excluding hydrogens is 423 g/mol. The van der Waals surface area contributed by atoms with Crippen LogP contribution < -0.4 is 5.32 Å². The zero-order valence-corrected chi connectivity index (χ0v) is 16.7. The minimum Gasteiger partial charge on any atom is -0.455 e. The summed E-state index contributed by atoms with van der Waals surface area (Å²) in [6.07, 6.45) is -4.88. The zero-order chi connectivity index (χ0) is 23.0. The van der Waals surface area contributed by atoms with Gasteiger partial charge in [-0.05, 0) is 48.0 Å². The first-order valence-corrected chi connectivity index (χ1v) is 9.48. The van der Waals surface area contributed by atoms with Crippen molar-refractivity contribution in [1.29, 1.82) is 0 Å².